The van der Waals surface area contributed by atoms with Crippen molar-refractivity contribution in [3.05, 3.63) is 18.1 Å². The molecule has 3 aliphatic rings. The van der Waals surface area contributed by atoms with E-state index in [-0.39, 0.29) is 5.60 Å². The van der Waals surface area contributed by atoms with E-state index in [2.05, 4.69) is 26.7 Å². The van der Waals surface area contributed by atoms with Crippen molar-refractivity contribution in [3.63, 3.8) is 0 Å². The molecule has 2 aromatic rings. The summed E-state index contributed by atoms with van der Waals surface area (Å²) >= 11 is 0. The molecule has 3 fully saturated rings. The number of hydrogen-bond acceptors (Lipinski definition) is 6. The average molecular weight is 329 g/mol. The van der Waals surface area contributed by atoms with Gasteiger partial charge in [-0.3, -0.25) is 0 Å². The van der Waals surface area contributed by atoms with Crippen LogP contribution in [-0.2, 0) is 9.47 Å². The third-order valence-corrected chi connectivity index (χ3v) is 5.54. The first-order chi connectivity index (χ1) is 11.8. The third-order valence-electron chi connectivity index (χ3n) is 5.54. The van der Waals surface area contributed by atoms with Gasteiger partial charge in [-0.1, -0.05) is 0 Å². The molecule has 1 aliphatic carbocycles. The minimum absolute atomic E-state index is 0.00945. The fraction of sp³-hybridized carbons (Fsp3) is 0.706. The molecule has 2 saturated heterocycles. The SMILES string of the molecule is c1c(C2CC2)nn2cnnc2c1NC1CCOC2(CCOCC2)C1. The van der Waals surface area contributed by atoms with E-state index in [9.17, 15) is 0 Å². The van der Waals surface area contributed by atoms with Crippen LogP contribution in [0.3, 0.4) is 0 Å². The van der Waals surface area contributed by atoms with Crippen LogP contribution in [0.1, 0.15) is 50.1 Å². The molecular formula is C17H23N5O2. The van der Waals surface area contributed by atoms with E-state index in [1.807, 2.05) is 0 Å². The lowest BCUT2D eigenvalue weighted by Crippen LogP contribution is -2.47. The molecule has 2 aromatic heterocycles. The van der Waals surface area contributed by atoms with E-state index in [4.69, 9.17) is 9.47 Å². The number of ether oxygens (including phenoxy) is 2. The number of nitrogens with zero attached hydrogens (tertiary/aromatic N) is 4. The van der Waals surface area contributed by atoms with E-state index in [0.29, 0.717) is 12.0 Å². The number of fused-ring (bicyclic) bond motifs is 1. The summed E-state index contributed by atoms with van der Waals surface area (Å²) in [6.45, 7) is 2.42. The Kier molecular flexibility index (Phi) is 3.45. The molecule has 24 heavy (non-hydrogen) atoms. The van der Waals surface area contributed by atoms with Gasteiger partial charge in [0.2, 0.25) is 5.65 Å². The first kappa shape index (κ1) is 14.6. The Bertz CT molecular complexity index is 730. The molecule has 0 radical (unpaired) electrons. The Morgan fingerprint density at radius 3 is 2.88 bits per heavy atom. The Morgan fingerprint density at radius 2 is 2.04 bits per heavy atom. The predicted octanol–water partition coefficient (Wildman–Crippen LogP) is 2.14. The van der Waals surface area contributed by atoms with Crippen molar-refractivity contribution in [1.29, 1.82) is 0 Å². The Balaban J connectivity index is 1.40. The summed E-state index contributed by atoms with van der Waals surface area (Å²) in [4.78, 5) is 0. The van der Waals surface area contributed by atoms with Crippen molar-refractivity contribution >= 4 is 11.3 Å². The molecule has 0 bridgehead atoms. The summed E-state index contributed by atoms with van der Waals surface area (Å²) in [6.07, 6.45) is 8.20. The summed E-state index contributed by atoms with van der Waals surface area (Å²) in [5, 5.41) is 16.6. The third kappa shape index (κ3) is 2.65. The molecule has 7 heteroatoms. The summed E-state index contributed by atoms with van der Waals surface area (Å²) in [5.41, 5.74) is 3.01. The lowest BCUT2D eigenvalue weighted by Gasteiger charge is -2.43. The maximum Gasteiger partial charge on any atom is 0.200 e. The maximum atomic E-state index is 6.15. The van der Waals surface area contributed by atoms with E-state index >= 15 is 0 Å². The highest BCUT2D eigenvalue weighted by Gasteiger charge is 2.39. The number of hydrogen-bond donors (Lipinski definition) is 1. The molecule has 1 N–H and O–H groups in total. The second-order valence-electron chi connectivity index (χ2n) is 7.33. The number of anilines is 1. The van der Waals surface area contributed by atoms with Crippen molar-refractivity contribution in [2.75, 3.05) is 25.1 Å². The standard InChI is InChI=1S/C17H23N5O2/c1-2-12(1)14-9-15(16-20-18-11-22(16)21-14)19-13-3-6-24-17(10-13)4-7-23-8-5-17/h9,11-13,19H,1-8,10H2. The van der Waals surface area contributed by atoms with Crippen LogP contribution >= 0.6 is 0 Å². The minimum atomic E-state index is -0.00945. The zero-order valence-electron chi connectivity index (χ0n) is 13.8. The van der Waals surface area contributed by atoms with Gasteiger partial charge >= 0.3 is 0 Å². The molecule has 0 aromatic carbocycles. The van der Waals surface area contributed by atoms with E-state index < -0.39 is 0 Å². The summed E-state index contributed by atoms with van der Waals surface area (Å²) < 4.78 is 13.5. The van der Waals surface area contributed by atoms with E-state index in [0.717, 1.165) is 62.5 Å². The fourth-order valence-electron chi connectivity index (χ4n) is 3.99. The van der Waals surface area contributed by atoms with Gasteiger partial charge in [-0.2, -0.15) is 9.61 Å². The van der Waals surface area contributed by atoms with Crippen LogP contribution in [0.4, 0.5) is 5.69 Å². The molecule has 1 unspecified atom stereocenters. The largest absolute Gasteiger partial charge is 0.381 e. The molecule has 1 spiro atoms. The lowest BCUT2D eigenvalue weighted by atomic mass is 9.84. The van der Waals surface area contributed by atoms with Gasteiger partial charge in [0.1, 0.15) is 6.33 Å². The molecule has 1 saturated carbocycles. The van der Waals surface area contributed by atoms with Crippen LogP contribution in [0.5, 0.6) is 0 Å². The van der Waals surface area contributed by atoms with E-state index in [1.54, 1.807) is 10.8 Å². The first-order valence-electron chi connectivity index (χ1n) is 9.01. The maximum absolute atomic E-state index is 6.15. The van der Waals surface area contributed by atoms with Gasteiger partial charge in [-0.05, 0) is 44.6 Å². The highest BCUT2D eigenvalue weighted by Crippen LogP contribution is 2.40. The number of rotatable bonds is 3. The molecule has 5 rings (SSSR count). The van der Waals surface area contributed by atoms with Gasteiger partial charge < -0.3 is 14.8 Å². The van der Waals surface area contributed by atoms with Gasteiger partial charge in [0.25, 0.3) is 0 Å². The van der Waals surface area contributed by atoms with Crippen LogP contribution in [-0.4, -0.2) is 51.3 Å². The number of nitrogens with one attached hydrogen (secondary N) is 1. The molecule has 7 nitrogen and oxygen atoms in total. The summed E-state index contributed by atoms with van der Waals surface area (Å²) in [6, 6.07) is 2.57. The second-order valence-corrected chi connectivity index (χ2v) is 7.33. The van der Waals surface area contributed by atoms with Crippen LogP contribution in [0, 0.1) is 0 Å². The van der Waals surface area contributed by atoms with Gasteiger partial charge in [-0.25, -0.2) is 0 Å². The number of aromatic nitrogens is 4. The zero-order chi connectivity index (χ0) is 16.0. The predicted molar refractivity (Wildman–Crippen MR) is 88.1 cm³/mol. The molecule has 1 atom stereocenters. The van der Waals surface area contributed by atoms with Crippen LogP contribution in [0.25, 0.3) is 5.65 Å². The highest BCUT2D eigenvalue weighted by molar-refractivity contribution is 5.67. The van der Waals surface area contributed by atoms with Crippen molar-refractivity contribution in [1.82, 2.24) is 19.8 Å². The first-order valence-corrected chi connectivity index (χ1v) is 9.01. The van der Waals surface area contributed by atoms with Crippen LogP contribution in [0.15, 0.2) is 12.4 Å². The minimum Gasteiger partial charge on any atom is -0.381 e. The van der Waals surface area contributed by atoms with Crippen LogP contribution < -0.4 is 5.32 Å². The molecular weight excluding hydrogens is 306 g/mol. The summed E-state index contributed by atoms with van der Waals surface area (Å²) in [5.74, 6) is 0.605. The Hall–Kier alpha value is -1.73. The topological polar surface area (TPSA) is 73.6 Å². The van der Waals surface area contributed by atoms with Gasteiger partial charge in [0.05, 0.1) is 17.0 Å². The molecule has 0 amide bonds. The van der Waals surface area contributed by atoms with Crippen molar-refractivity contribution < 1.29 is 9.47 Å². The molecule has 4 heterocycles. The lowest BCUT2D eigenvalue weighted by molar-refractivity contribution is -0.135. The Labute approximate surface area is 140 Å². The smallest absolute Gasteiger partial charge is 0.200 e. The van der Waals surface area contributed by atoms with Crippen LogP contribution in [0.2, 0.25) is 0 Å². The fourth-order valence-corrected chi connectivity index (χ4v) is 3.99. The summed E-state index contributed by atoms with van der Waals surface area (Å²) in [7, 11) is 0. The molecule has 2 aliphatic heterocycles. The van der Waals surface area contributed by atoms with Crippen molar-refractivity contribution in [3.8, 4) is 0 Å². The second kappa shape index (κ2) is 5.67. The van der Waals surface area contributed by atoms with Gasteiger partial charge in [0, 0.05) is 31.8 Å². The van der Waals surface area contributed by atoms with Crippen molar-refractivity contribution in [2.45, 2.75) is 56.1 Å². The van der Waals surface area contributed by atoms with Gasteiger partial charge in [-0.15, -0.1) is 10.2 Å². The monoisotopic (exact) mass is 329 g/mol. The zero-order valence-corrected chi connectivity index (χ0v) is 13.8. The normalized spacial score (nSPS) is 26.8. The highest BCUT2D eigenvalue weighted by atomic mass is 16.5. The van der Waals surface area contributed by atoms with Crippen molar-refractivity contribution in [2.24, 2.45) is 0 Å². The molecule has 128 valence electrons. The average Bonchev–Trinajstić information content (AvgIpc) is 3.33. The van der Waals surface area contributed by atoms with E-state index in [1.165, 1.54) is 12.8 Å². The Morgan fingerprint density at radius 1 is 1.17 bits per heavy atom. The quantitative estimate of drug-likeness (QED) is 0.930. The van der Waals surface area contributed by atoms with Gasteiger partial charge in [0.15, 0.2) is 0 Å².